The van der Waals surface area contributed by atoms with Crippen LogP contribution in [-0.2, 0) is 13.5 Å². The topological polar surface area (TPSA) is 34.9 Å². The van der Waals surface area contributed by atoms with Crippen LogP contribution in [0.1, 0.15) is 35.1 Å². The van der Waals surface area contributed by atoms with Crippen LogP contribution in [0.3, 0.4) is 0 Å². The molecule has 2 aromatic heterocycles. The number of halogens is 1. The van der Waals surface area contributed by atoms with E-state index in [1.165, 1.54) is 0 Å². The molecule has 0 aliphatic rings. The summed E-state index contributed by atoms with van der Waals surface area (Å²) in [5.41, 5.74) is 3.49. The van der Waals surface area contributed by atoms with Gasteiger partial charge < -0.3 is 4.57 Å². The number of aromatic nitrogens is 2. The molecule has 0 aliphatic heterocycles. The van der Waals surface area contributed by atoms with Gasteiger partial charge in [-0.25, -0.2) is 0 Å². The Bertz CT molecular complexity index is 793. The maximum absolute atomic E-state index is 12.9. The predicted molar refractivity (Wildman–Crippen MR) is 91.8 cm³/mol. The molecule has 1 aromatic carbocycles. The van der Waals surface area contributed by atoms with Gasteiger partial charge in [0.1, 0.15) is 5.69 Å². The van der Waals surface area contributed by atoms with Crippen molar-refractivity contribution < 1.29 is 4.79 Å². The molecule has 0 radical (unpaired) electrons. The third kappa shape index (κ3) is 2.64. The van der Waals surface area contributed by atoms with Gasteiger partial charge in [0.2, 0.25) is 5.78 Å². The molecule has 2 heterocycles. The van der Waals surface area contributed by atoms with Crippen molar-refractivity contribution in [1.29, 1.82) is 0 Å². The first-order valence-electron chi connectivity index (χ1n) is 7.26. The molecule has 114 valence electrons. The van der Waals surface area contributed by atoms with Crippen LogP contribution < -0.4 is 0 Å². The first-order chi connectivity index (χ1) is 10.2. The third-order valence-corrected chi connectivity index (χ3v) is 3.84. The fourth-order valence-electron chi connectivity index (χ4n) is 2.85. The molecule has 0 saturated heterocycles. The molecule has 0 N–H and O–H groups in total. The van der Waals surface area contributed by atoms with E-state index in [0.717, 1.165) is 35.0 Å². The van der Waals surface area contributed by atoms with Gasteiger partial charge in [-0.05, 0) is 24.6 Å². The Balaban J connectivity index is 0.00000176. The van der Waals surface area contributed by atoms with Crippen LogP contribution in [-0.4, -0.2) is 15.3 Å². The second kappa shape index (κ2) is 6.75. The third-order valence-electron chi connectivity index (χ3n) is 3.84. The average Bonchev–Trinajstić information content (AvgIpc) is 2.81. The van der Waals surface area contributed by atoms with Gasteiger partial charge >= 0.3 is 0 Å². The molecule has 3 nitrogen and oxygen atoms in total. The number of rotatable bonds is 4. The van der Waals surface area contributed by atoms with E-state index in [4.69, 9.17) is 0 Å². The van der Waals surface area contributed by atoms with Gasteiger partial charge in [-0.15, -0.1) is 12.4 Å². The molecule has 0 spiro atoms. The molecule has 22 heavy (non-hydrogen) atoms. The van der Waals surface area contributed by atoms with Crippen molar-refractivity contribution in [3.63, 3.8) is 0 Å². The van der Waals surface area contributed by atoms with Crippen LogP contribution in [0.25, 0.3) is 10.9 Å². The summed E-state index contributed by atoms with van der Waals surface area (Å²) in [6.45, 7) is 2.13. The Hall–Kier alpha value is -2.13. The summed E-state index contributed by atoms with van der Waals surface area (Å²) >= 11 is 0. The molecular formula is C18H19ClN2O. The zero-order chi connectivity index (χ0) is 14.8. The first-order valence-corrected chi connectivity index (χ1v) is 7.26. The zero-order valence-corrected chi connectivity index (χ0v) is 13.6. The maximum Gasteiger partial charge on any atom is 0.213 e. The summed E-state index contributed by atoms with van der Waals surface area (Å²) in [6, 6.07) is 13.5. The number of carbonyl (C=O) groups excluding carboxylic acids is 1. The van der Waals surface area contributed by atoms with Gasteiger partial charge in [-0.2, -0.15) is 0 Å². The lowest BCUT2D eigenvalue weighted by Crippen LogP contribution is -2.08. The Morgan fingerprint density at radius 1 is 1.14 bits per heavy atom. The second-order valence-electron chi connectivity index (χ2n) is 5.19. The highest BCUT2D eigenvalue weighted by Crippen LogP contribution is 2.28. The Morgan fingerprint density at radius 2 is 1.86 bits per heavy atom. The van der Waals surface area contributed by atoms with E-state index in [2.05, 4.69) is 22.5 Å². The summed E-state index contributed by atoms with van der Waals surface area (Å²) < 4.78 is 2.13. The number of fused-ring (bicyclic) bond motifs is 1. The number of pyridine rings is 1. The summed E-state index contributed by atoms with van der Waals surface area (Å²) in [5.74, 6) is 0.0100. The van der Waals surface area contributed by atoms with Crippen LogP contribution in [0.5, 0.6) is 0 Å². The number of ketones is 1. The summed E-state index contributed by atoms with van der Waals surface area (Å²) in [5, 5.41) is 1.01. The van der Waals surface area contributed by atoms with Gasteiger partial charge in [-0.1, -0.05) is 37.6 Å². The highest BCUT2D eigenvalue weighted by atomic mass is 35.5. The molecule has 0 unspecified atom stereocenters. The second-order valence-corrected chi connectivity index (χ2v) is 5.19. The maximum atomic E-state index is 12.9. The number of aryl methyl sites for hydroxylation is 1. The highest BCUT2D eigenvalue weighted by Gasteiger charge is 2.21. The lowest BCUT2D eigenvalue weighted by molar-refractivity contribution is 0.103. The van der Waals surface area contributed by atoms with Crippen LogP contribution >= 0.6 is 12.4 Å². The molecule has 3 rings (SSSR count). The molecule has 0 aliphatic carbocycles. The van der Waals surface area contributed by atoms with Crippen molar-refractivity contribution in [3.8, 4) is 0 Å². The van der Waals surface area contributed by atoms with E-state index >= 15 is 0 Å². The van der Waals surface area contributed by atoms with E-state index in [1.807, 2.05) is 37.4 Å². The van der Waals surface area contributed by atoms with E-state index in [-0.39, 0.29) is 18.2 Å². The van der Waals surface area contributed by atoms with E-state index in [0.29, 0.717) is 5.69 Å². The summed E-state index contributed by atoms with van der Waals surface area (Å²) in [4.78, 5) is 17.1. The first kappa shape index (κ1) is 16.2. The standard InChI is InChI=1S/C18H18N2O.ClH/c1-3-8-16-17(18(21)14-10-6-7-12-19-14)13-9-4-5-11-15(13)20(16)2;/h4-7,9-12H,3,8H2,1-2H3;1H. The minimum Gasteiger partial charge on any atom is -0.347 e. The zero-order valence-electron chi connectivity index (χ0n) is 12.7. The molecule has 0 bridgehead atoms. The van der Waals surface area contributed by atoms with Crippen molar-refractivity contribution in [1.82, 2.24) is 9.55 Å². The van der Waals surface area contributed by atoms with E-state index in [9.17, 15) is 4.79 Å². The van der Waals surface area contributed by atoms with Gasteiger partial charge in [-0.3, -0.25) is 9.78 Å². The fraction of sp³-hybridized carbons (Fsp3) is 0.222. The number of carbonyl (C=O) groups is 1. The van der Waals surface area contributed by atoms with E-state index < -0.39 is 0 Å². The Labute approximate surface area is 136 Å². The van der Waals surface area contributed by atoms with Crippen molar-refractivity contribution in [2.75, 3.05) is 0 Å². The molecule has 0 fully saturated rings. The normalized spacial score (nSPS) is 10.5. The lowest BCUT2D eigenvalue weighted by Gasteiger charge is -2.06. The van der Waals surface area contributed by atoms with Gasteiger partial charge in [0.05, 0.1) is 5.56 Å². The molecule has 4 heteroatoms. The molecular weight excluding hydrogens is 296 g/mol. The van der Waals surface area contributed by atoms with Crippen molar-refractivity contribution in [2.45, 2.75) is 19.8 Å². The number of benzene rings is 1. The summed E-state index contributed by atoms with van der Waals surface area (Å²) in [6.07, 6.45) is 3.56. The lowest BCUT2D eigenvalue weighted by atomic mass is 10.0. The number of para-hydroxylation sites is 1. The Morgan fingerprint density at radius 3 is 2.55 bits per heavy atom. The quantitative estimate of drug-likeness (QED) is 0.677. The molecule has 0 saturated carbocycles. The number of nitrogens with zero attached hydrogens (tertiary/aromatic N) is 2. The van der Waals surface area contributed by atoms with Crippen LogP contribution in [0.2, 0.25) is 0 Å². The van der Waals surface area contributed by atoms with Gasteiger partial charge in [0.25, 0.3) is 0 Å². The predicted octanol–water partition coefficient (Wildman–Crippen LogP) is 4.18. The van der Waals surface area contributed by atoms with Crippen LogP contribution in [0, 0.1) is 0 Å². The minimum atomic E-state index is 0. The van der Waals surface area contributed by atoms with Crippen LogP contribution in [0.15, 0.2) is 48.7 Å². The average molecular weight is 315 g/mol. The summed E-state index contributed by atoms with van der Waals surface area (Å²) in [7, 11) is 2.03. The van der Waals surface area contributed by atoms with Crippen molar-refractivity contribution >= 4 is 29.1 Å². The molecule has 0 atom stereocenters. The largest absolute Gasteiger partial charge is 0.347 e. The highest BCUT2D eigenvalue weighted by molar-refractivity contribution is 6.16. The SMILES string of the molecule is CCCc1c(C(=O)c2ccccn2)c2ccccc2n1C.Cl. The fourth-order valence-corrected chi connectivity index (χ4v) is 2.85. The minimum absolute atomic E-state index is 0. The Kier molecular flexibility index (Phi) is 4.99. The van der Waals surface area contributed by atoms with Gasteiger partial charge in [0.15, 0.2) is 0 Å². The van der Waals surface area contributed by atoms with Crippen molar-refractivity contribution in [3.05, 3.63) is 65.6 Å². The van der Waals surface area contributed by atoms with Crippen molar-refractivity contribution in [2.24, 2.45) is 7.05 Å². The van der Waals surface area contributed by atoms with Gasteiger partial charge in [0, 0.05) is 29.8 Å². The molecule has 3 aromatic rings. The number of hydrogen-bond acceptors (Lipinski definition) is 2. The smallest absolute Gasteiger partial charge is 0.213 e. The monoisotopic (exact) mass is 314 g/mol. The van der Waals surface area contributed by atoms with E-state index in [1.54, 1.807) is 12.3 Å². The number of hydrogen-bond donors (Lipinski definition) is 0. The van der Waals surface area contributed by atoms with Crippen LogP contribution in [0.4, 0.5) is 0 Å². The molecule has 0 amide bonds.